The molecule has 5 nitrogen and oxygen atoms in total. The van der Waals surface area contributed by atoms with Crippen molar-refractivity contribution in [3.05, 3.63) is 17.5 Å². The first kappa shape index (κ1) is 17.1. The minimum atomic E-state index is 0.212. The Balaban J connectivity index is 1.21. The number of carbonyl (C=O) groups excluding carboxylic acids is 1. The quantitative estimate of drug-likeness (QED) is 0.863. The summed E-state index contributed by atoms with van der Waals surface area (Å²) in [4.78, 5) is 14.8. The van der Waals surface area contributed by atoms with E-state index in [0.29, 0.717) is 18.5 Å². The molecule has 2 saturated carbocycles. The Kier molecular flexibility index (Phi) is 4.85. The zero-order valence-corrected chi connectivity index (χ0v) is 15.6. The van der Waals surface area contributed by atoms with Gasteiger partial charge in [0.1, 0.15) is 0 Å². The van der Waals surface area contributed by atoms with Gasteiger partial charge in [-0.15, -0.1) is 0 Å². The fourth-order valence-corrected chi connectivity index (χ4v) is 5.55. The summed E-state index contributed by atoms with van der Waals surface area (Å²) in [6, 6.07) is 2.50. The zero-order chi connectivity index (χ0) is 17.4. The maximum absolute atomic E-state index is 12.5. The van der Waals surface area contributed by atoms with Crippen molar-refractivity contribution < 1.29 is 4.79 Å². The van der Waals surface area contributed by atoms with E-state index < -0.39 is 0 Å². The molecule has 1 saturated heterocycles. The molecule has 25 heavy (non-hydrogen) atoms. The van der Waals surface area contributed by atoms with Crippen LogP contribution in [0.25, 0.3) is 0 Å². The highest BCUT2D eigenvalue weighted by molar-refractivity contribution is 5.78. The molecule has 1 aromatic rings. The summed E-state index contributed by atoms with van der Waals surface area (Å²) < 4.78 is 0. The molecule has 1 aliphatic heterocycles. The van der Waals surface area contributed by atoms with E-state index in [-0.39, 0.29) is 5.91 Å². The van der Waals surface area contributed by atoms with E-state index in [2.05, 4.69) is 33.4 Å². The van der Waals surface area contributed by atoms with Gasteiger partial charge in [-0.3, -0.25) is 14.8 Å². The lowest BCUT2D eigenvalue weighted by Gasteiger charge is -2.32. The van der Waals surface area contributed by atoms with Crippen molar-refractivity contribution in [2.75, 3.05) is 19.6 Å². The number of amides is 1. The number of rotatable bonds is 5. The first-order chi connectivity index (χ1) is 12.1. The van der Waals surface area contributed by atoms with Crippen molar-refractivity contribution in [2.24, 2.45) is 17.8 Å². The molecule has 1 amide bonds. The Morgan fingerprint density at radius 3 is 2.72 bits per heavy atom. The Bertz CT molecular complexity index is 605. The summed E-state index contributed by atoms with van der Waals surface area (Å²) in [6.07, 6.45) is 7.74. The van der Waals surface area contributed by atoms with Crippen LogP contribution in [0, 0.1) is 24.7 Å². The highest BCUT2D eigenvalue weighted by Crippen LogP contribution is 2.49. The van der Waals surface area contributed by atoms with Crippen LogP contribution in [0.4, 0.5) is 0 Å². The van der Waals surface area contributed by atoms with Gasteiger partial charge >= 0.3 is 0 Å². The van der Waals surface area contributed by atoms with Crippen LogP contribution in [0.5, 0.6) is 0 Å². The molecule has 2 bridgehead atoms. The average molecular weight is 345 g/mol. The third kappa shape index (κ3) is 3.76. The predicted octanol–water partition coefficient (Wildman–Crippen LogP) is 2.84. The van der Waals surface area contributed by atoms with Crippen LogP contribution in [0.3, 0.4) is 0 Å². The number of nitrogens with zero attached hydrogens (tertiary/aromatic N) is 2. The van der Waals surface area contributed by atoms with Crippen molar-refractivity contribution in [3.63, 3.8) is 0 Å². The average Bonchev–Trinajstić information content (AvgIpc) is 3.32. The second-order valence-electron chi connectivity index (χ2n) is 8.72. The van der Waals surface area contributed by atoms with Gasteiger partial charge in [-0.05, 0) is 82.9 Å². The molecule has 138 valence electrons. The minimum Gasteiger partial charge on any atom is -0.352 e. The van der Waals surface area contributed by atoms with Crippen LogP contribution in [-0.2, 0) is 4.79 Å². The number of fused-ring (bicyclic) bond motifs is 2. The minimum absolute atomic E-state index is 0.212. The lowest BCUT2D eigenvalue weighted by atomic mass is 9.84. The van der Waals surface area contributed by atoms with E-state index in [4.69, 9.17) is 0 Å². The molecule has 3 fully saturated rings. The van der Waals surface area contributed by atoms with Gasteiger partial charge in [-0.2, -0.15) is 5.10 Å². The molecule has 2 heterocycles. The number of aryl methyl sites for hydroxylation is 1. The Hall–Kier alpha value is -1.36. The predicted molar refractivity (Wildman–Crippen MR) is 98.3 cm³/mol. The number of hydrogen-bond acceptors (Lipinski definition) is 3. The van der Waals surface area contributed by atoms with Crippen LogP contribution in [-0.4, -0.2) is 46.7 Å². The molecule has 1 aromatic heterocycles. The maximum atomic E-state index is 12.5. The van der Waals surface area contributed by atoms with Crippen LogP contribution in [0.2, 0.25) is 0 Å². The van der Waals surface area contributed by atoms with Gasteiger partial charge in [-0.1, -0.05) is 6.42 Å². The molecular formula is C20H32N4O. The molecule has 4 rings (SSSR count). The van der Waals surface area contributed by atoms with Crippen molar-refractivity contribution in [2.45, 2.75) is 64.3 Å². The monoisotopic (exact) mass is 344 g/mol. The molecule has 5 heteroatoms. The second-order valence-corrected chi connectivity index (χ2v) is 8.72. The maximum Gasteiger partial charge on any atom is 0.234 e. The van der Waals surface area contributed by atoms with E-state index in [0.717, 1.165) is 49.4 Å². The molecule has 0 aromatic carbocycles. The summed E-state index contributed by atoms with van der Waals surface area (Å²) in [5.41, 5.74) is 2.32. The molecular weight excluding hydrogens is 312 g/mol. The molecule has 2 N–H and O–H groups in total. The smallest absolute Gasteiger partial charge is 0.234 e. The normalized spacial score (nSPS) is 31.4. The largest absolute Gasteiger partial charge is 0.352 e. The Morgan fingerprint density at radius 1 is 1.32 bits per heavy atom. The summed E-state index contributed by atoms with van der Waals surface area (Å²) in [7, 11) is 0. The first-order valence-corrected chi connectivity index (χ1v) is 10.1. The standard InChI is InChI=1S/C20H32N4O/c1-13-9-19(23-22-13)16-5-7-24(8-6-16)12-20(25)21-14(2)18-11-15-3-4-17(18)10-15/h9,14-18H,3-8,10-12H2,1-2H3,(H,21,25)(H,22,23). The van der Waals surface area contributed by atoms with E-state index >= 15 is 0 Å². The Morgan fingerprint density at radius 2 is 2.12 bits per heavy atom. The highest BCUT2D eigenvalue weighted by Gasteiger charge is 2.42. The van der Waals surface area contributed by atoms with Crippen LogP contribution in [0.1, 0.15) is 62.8 Å². The van der Waals surface area contributed by atoms with Gasteiger partial charge < -0.3 is 5.32 Å². The van der Waals surface area contributed by atoms with Crippen LogP contribution >= 0.6 is 0 Å². The van der Waals surface area contributed by atoms with Crippen molar-refractivity contribution in [1.29, 1.82) is 0 Å². The van der Waals surface area contributed by atoms with E-state index in [9.17, 15) is 4.79 Å². The number of likely N-dealkylation sites (tertiary alicyclic amines) is 1. The second kappa shape index (κ2) is 7.10. The fraction of sp³-hybridized carbons (Fsp3) is 0.800. The number of hydrogen-bond donors (Lipinski definition) is 2. The zero-order valence-electron chi connectivity index (χ0n) is 15.6. The van der Waals surface area contributed by atoms with Crippen LogP contribution in [0.15, 0.2) is 6.07 Å². The number of aromatic nitrogens is 2. The van der Waals surface area contributed by atoms with Crippen molar-refractivity contribution >= 4 is 5.91 Å². The third-order valence-corrected chi connectivity index (χ3v) is 6.92. The van der Waals surface area contributed by atoms with E-state index in [1.807, 2.05) is 6.92 Å². The van der Waals surface area contributed by atoms with Gasteiger partial charge in [0.25, 0.3) is 0 Å². The summed E-state index contributed by atoms with van der Waals surface area (Å²) in [5.74, 6) is 3.28. The third-order valence-electron chi connectivity index (χ3n) is 6.92. The summed E-state index contributed by atoms with van der Waals surface area (Å²) >= 11 is 0. The van der Waals surface area contributed by atoms with Crippen molar-refractivity contribution in [3.8, 4) is 0 Å². The SMILES string of the molecule is Cc1cc(C2CCN(CC(=O)NC(C)C3CC4CCC3C4)CC2)n[nH]1. The van der Waals surface area contributed by atoms with Gasteiger partial charge in [0.05, 0.1) is 12.2 Å². The van der Waals surface area contributed by atoms with Gasteiger partial charge in [0, 0.05) is 17.7 Å². The van der Waals surface area contributed by atoms with Crippen LogP contribution < -0.4 is 5.32 Å². The molecule has 0 spiro atoms. The number of H-pyrrole nitrogens is 1. The van der Waals surface area contributed by atoms with E-state index in [1.165, 1.54) is 31.4 Å². The lowest BCUT2D eigenvalue weighted by molar-refractivity contribution is -0.123. The first-order valence-electron chi connectivity index (χ1n) is 10.1. The molecule has 2 aliphatic carbocycles. The summed E-state index contributed by atoms with van der Waals surface area (Å²) in [6.45, 7) is 6.80. The number of nitrogens with one attached hydrogen (secondary N) is 2. The highest BCUT2D eigenvalue weighted by atomic mass is 16.2. The number of aromatic amines is 1. The van der Waals surface area contributed by atoms with E-state index in [1.54, 1.807) is 0 Å². The van der Waals surface area contributed by atoms with Crippen molar-refractivity contribution in [1.82, 2.24) is 20.4 Å². The Labute approximate surface area is 150 Å². The summed E-state index contributed by atoms with van der Waals surface area (Å²) in [5, 5.41) is 10.7. The van der Waals surface area contributed by atoms with Gasteiger partial charge in [-0.25, -0.2) is 0 Å². The van der Waals surface area contributed by atoms with Gasteiger partial charge in [0.2, 0.25) is 5.91 Å². The topological polar surface area (TPSA) is 61.0 Å². The fourth-order valence-electron chi connectivity index (χ4n) is 5.55. The number of piperidine rings is 1. The lowest BCUT2D eigenvalue weighted by Crippen LogP contribution is -2.46. The molecule has 4 atom stereocenters. The number of carbonyl (C=O) groups is 1. The van der Waals surface area contributed by atoms with Gasteiger partial charge in [0.15, 0.2) is 0 Å². The molecule has 0 radical (unpaired) electrons. The molecule has 3 aliphatic rings. The molecule has 4 unspecified atom stereocenters.